The van der Waals surface area contributed by atoms with Crippen LogP contribution in [0, 0.1) is 6.92 Å². The number of phenols is 1. The molecule has 0 amide bonds. The minimum absolute atomic E-state index is 0.179. The lowest BCUT2D eigenvalue weighted by molar-refractivity contribution is 0.0378. The highest BCUT2D eigenvalue weighted by Gasteiger charge is 2.26. The summed E-state index contributed by atoms with van der Waals surface area (Å²) in [5.74, 6) is 0.282. The predicted octanol–water partition coefficient (Wildman–Crippen LogP) is 4.33. The maximum Gasteiger partial charge on any atom is 0.342 e. The molecule has 164 valence electrons. The molecule has 2 heterocycles. The van der Waals surface area contributed by atoms with E-state index >= 15 is 0 Å². The van der Waals surface area contributed by atoms with E-state index in [2.05, 4.69) is 34.1 Å². The Hall–Kier alpha value is -2.83. The van der Waals surface area contributed by atoms with E-state index in [1.54, 1.807) is 19.1 Å². The van der Waals surface area contributed by atoms with E-state index in [4.69, 9.17) is 9.15 Å². The summed E-state index contributed by atoms with van der Waals surface area (Å²) in [6.07, 6.45) is -0.227. The van der Waals surface area contributed by atoms with E-state index in [1.807, 2.05) is 19.9 Å². The van der Waals surface area contributed by atoms with Crippen molar-refractivity contribution in [2.24, 2.45) is 0 Å². The van der Waals surface area contributed by atoms with Crippen LogP contribution >= 0.6 is 0 Å². The van der Waals surface area contributed by atoms with E-state index in [1.165, 1.54) is 5.56 Å². The second-order valence-corrected chi connectivity index (χ2v) is 8.46. The first-order valence-corrected chi connectivity index (χ1v) is 10.9. The average molecular weight is 423 g/mol. The highest BCUT2D eigenvalue weighted by atomic mass is 16.5. The van der Waals surface area contributed by atoms with Gasteiger partial charge in [-0.25, -0.2) is 4.79 Å². The lowest BCUT2D eigenvalue weighted by atomic mass is 10.0. The summed E-state index contributed by atoms with van der Waals surface area (Å²) in [5, 5.41) is 11.3. The second kappa shape index (κ2) is 9.12. The fourth-order valence-corrected chi connectivity index (χ4v) is 4.22. The number of carbonyl (C=O) groups is 1. The van der Waals surface area contributed by atoms with Gasteiger partial charge in [0.15, 0.2) is 0 Å². The molecule has 1 N–H and O–H groups in total. The molecule has 1 saturated heterocycles. The zero-order valence-electron chi connectivity index (χ0n) is 18.4. The summed E-state index contributed by atoms with van der Waals surface area (Å²) >= 11 is 0. The third kappa shape index (κ3) is 4.75. The Labute approximate surface area is 183 Å². The number of nitrogens with zero attached hydrogens (tertiary/aromatic N) is 2. The van der Waals surface area contributed by atoms with E-state index in [-0.39, 0.29) is 11.9 Å². The number of carbonyl (C=O) groups excluding carboxylic acids is 1. The second-order valence-electron chi connectivity index (χ2n) is 8.46. The first-order chi connectivity index (χ1) is 14.9. The number of rotatable bonds is 6. The molecule has 0 atom stereocenters. The molecule has 0 saturated carbocycles. The molecule has 2 aromatic carbocycles. The van der Waals surface area contributed by atoms with Crippen molar-refractivity contribution < 1.29 is 19.1 Å². The van der Waals surface area contributed by atoms with Crippen LogP contribution in [-0.4, -0.2) is 53.2 Å². The van der Waals surface area contributed by atoms with Crippen molar-refractivity contribution in [1.82, 2.24) is 9.80 Å². The number of aromatic hydroxyl groups is 1. The van der Waals surface area contributed by atoms with Crippen molar-refractivity contribution in [3.8, 4) is 5.75 Å². The minimum Gasteiger partial charge on any atom is -0.508 e. The molecular weight excluding hydrogens is 392 g/mol. The molecule has 6 heteroatoms. The van der Waals surface area contributed by atoms with Gasteiger partial charge in [-0.3, -0.25) is 9.80 Å². The van der Waals surface area contributed by atoms with Crippen molar-refractivity contribution in [3.63, 3.8) is 0 Å². The van der Waals surface area contributed by atoms with Crippen LogP contribution in [0.1, 0.15) is 41.1 Å². The highest BCUT2D eigenvalue weighted by molar-refractivity contribution is 6.06. The van der Waals surface area contributed by atoms with Gasteiger partial charge in [0.2, 0.25) is 0 Å². The van der Waals surface area contributed by atoms with E-state index in [0.29, 0.717) is 28.8 Å². The number of ether oxygens (including phenoxy) is 1. The summed E-state index contributed by atoms with van der Waals surface area (Å²) < 4.78 is 11.3. The number of benzene rings is 2. The Morgan fingerprint density at radius 3 is 2.32 bits per heavy atom. The zero-order chi connectivity index (χ0) is 22.0. The largest absolute Gasteiger partial charge is 0.508 e. The van der Waals surface area contributed by atoms with Gasteiger partial charge in [-0.05, 0) is 38.5 Å². The molecule has 0 radical (unpaired) electrons. The van der Waals surface area contributed by atoms with Crippen molar-refractivity contribution in [3.05, 3.63) is 64.9 Å². The van der Waals surface area contributed by atoms with E-state index in [0.717, 1.165) is 38.3 Å². The SMILES string of the molecule is Cc1oc2ccc(O)c(CN3CCN(Cc4ccccc4)CC3)c2c1C(=O)OC(C)C. The molecular formula is C25H30N2O4. The van der Waals surface area contributed by atoms with Gasteiger partial charge >= 0.3 is 5.97 Å². The van der Waals surface area contributed by atoms with Crippen molar-refractivity contribution in [1.29, 1.82) is 0 Å². The molecule has 4 rings (SSSR count). The molecule has 0 unspecified atom stereocenters. The molecule has 1 aromatic heterocycles. The van der Waals surface area contributed by atoms with Crippen LogP contribution in [0.15, 0.2) is 46.9 Å². The van der Waals surface area contributed by atoms with Crippen molar-refractivity contribution in [2.75, 3.05) is 26.2 Å². The number of esters is 1. The van der Waals surface area contributed by atoms with E-state index < -0.39 is 5.97 Å². The molecule has 1 aliphatic rings. The Kier molecular flexibility index (Phi) is 6.30. The van der Waals surface area contributed by atoms with Gasteiger partial charge in [-0.2, -0.15) is 0 Å². The molecule has 1 aliphatic heterocycles. The molecule has 31 heavy (non-hydrogen) atoms. The third-order valence-electron chi connectivity index (χ3n) is 5.76. The first-order valence-electron chi connectivity index (χ1n) is 10.9. The smallest absolute Gasteiger partial charge is 0.342 e. The predicted molar refractivity (Wildman–Crippen MR) is 120 cm³/mol. The molecule has 1 fully saturated rings. The first kappa shape index (κ1) is 21.4. The lowest BCUT2D eigenvalue weighted by Gasteiger charge is -2.35. The fourth-order valence-electron chi connectivity index (χ4n) is 4.22. The Balaban J connectivity index is 1.52. The molecule has 0 bridgehead atoms. The van der Waals surface area contributed by atoms with Gasteiger partial charge in [0.25, 0.3) is 0 Å². The van der Waals surface area contributed by atoms with Gasteiger partial charge in [-0.15, -0.1) is 0 Å². The highest BCUT2D eigenvalue weighted by Crippen LogP contribution is 2.35. The fraction of sp³-hybridized carbons (Fsp3) is 0.400. The van der Waals surface area contributed by atoms with Gasteiger partial charge in [0.1, 0.15) is 22.7 Å². The topological polar surface area (TPSA) is 66.2 Å². The summed E-state index contributed by atoms with van der Waals surface area (Å²) in [6, 6.07) is 13.9. The lowest BCUT2D eigenvalue weighted by Crippen LogP contribution is -2.45. The number of fused-ring (bicyclic) bond motifs is 1. The number of hydrogen-bond donors (Lipinski definition) is 1. The van der Waals surface area contributed by atoms with Gasteiger partial charge in [0, 0.05) is 50.2 Å². The van der Waals surface area contributed by atoms with Crippen LogP contribution in [0.5, 0.6) is 5.75 Å². The maximum atomic E-state index is 12.7. The minimum atomic E-state index is -0.411. The number of piperazine rings is 1. The number of hydrogen-bond acceptors (Lipinski definition) is 6. The summed E-state index contributed by atoms with van der Waals surface area (Å²) in [4.78, 5) is 17.5. The standard InChI is InChI=1S/C25H30N2O4/c1-17(2)30-25(29)23-18(3)31-22-10-9-21(28)20(24(22)23)16-27-13-11-26(12-14-27)15-19-7-5-4-6-8-19/h4-10,17,28H,11-16H2,1-3H3. The normalized spacial score (nSPS) is 15.6. The summed E-state index contributed by atoms with van der Waals surface area (Å²) in [5.41, 5.74) is 3.06. The van der Waals surface area contributed by atoms with Crippen LogP contribution in [0.4, 0.5) is 0 Å². The zero-order valence-corrected chi connectivity index (χ0v) is 18.4. The van der Waals surface area contributed by atoms with Crippen LogP contribution in [0.2, 0.25) is 0 Å². The summed E-state index contributed by atoms with van der Waals surface area (Å²) in [7, 11) is 0. The Morgan fingerprint density at radius 1 is 1.03 bits per heavy atom. The third-order valence-corrected chi connectivity index (χ3v) is 5.76. The molecule has 6 nitrogen and oxygen atoms in total. The number of furan rings is 1. The van der Waals surface area contributed by atoms with Gasteiger partial charge < -0.3 is 14.3 Å². The molecule has 3 aromatic rings. The Morgan fingerprint density at radius 2 is 1.68 bits per heavy atom. The van der Waals surface area contributed by atoms with Crippen LogP contribution in [0.25, 0.3) is 11.0 Å². The summed E-state index contributed by atoms with van der Waals surface area (Å²) in [6.45, 7) is 10.6. The van der Waals surface area contributed by atoms with Crippen LogP contribution in [0.3, 0.4) is 0 Å². The number of phenolic OH excluding ortho intramolecular Hbond substituents is 1. The number of aryl methyl sites for hydroxylation is 1. The average Bonchev–Trinajstić information content (AvgIpc) is 3.08. The van der Waals surface area contributed by atoms with Gasteiger partial charge in [-0.1, -0.05) is 30.3 Å². The van der Waals surface area contributed by atoms with E-state index in [9.17, 15) is 9.90 Å². The molecule has 0 spiro atoms. The monoisotopic (exact) mass is 422 g/mol. The van der Waals surface area contributed by atoms with Gasteiger partial charge in [0.05, 0.1) is 6.10 Å². The molecule has 0 aliphatic carbocycles. The Bertz CT molecular complexity index is 1050. The van der Waals surface area contributed by atoms with Crippen molar-refractivity contribution >= 4 is 16.9 Å². The quantitative estimate of drug-likeness (QED) is 0.597. The van der Waals surface area contributed by atoms with Crippen molar-refractivity contribution in [2.45, 2.75) is 40.0 Å². The van der Waals surface area contributed by atoms with Crippen LogP contribution < -0.4 is 0 Å². The van der Waals surface area contributed by atoms with Crippen LogP contribution in [-0.2, 0) is 17.8 Å². The maximum absolute atomic E-state index is 12.7.